The Morgan fingerprint density at radius 3 is 2.42 bits per heavy atom. The van der Waals surface area contributed by atoms with Crippen molar-refractivity contribution in [3.63, 3.8) is 0 Å². The van der Waals surface area contributed by atoms with Crippen molar-refractivity contribution in [3.8, 4) is 0 Å². The number of hydrogen-bond acceptors (Lipinski definition) is 4. The molecule has 6 heteroatoms. The first-order valence-corrected chi connectivity index (χ1v) is 6.35. The number of rotatable bonds is 3. The summed E-state index contributed by atoms with van der Waals surface area (Å²) < 4.78 is 13.5. The molecule has 0 bridgehead atoms. The van der Waals surface area contributed by atoms with Gasteiger partial charge in [-0.3, -0.25) is 0 Å². The van der Waals surface area contributed by atoms with Crippen LogP contribution in [0.15, 0.2) is 18.2 Å². The average molecular weight is 281 g/mol. The molecule has 4 nitrogen and oxygen atoms in total. The van der Waals surface area contributed by atoms with E-state index in [4.69, 9.17) is 17.3 Å². The van der Waals surface area contributed by atoms with Crippen molar-refractivity contribution in [1.29, 1.82) is 0 Å². The highest BCUT2D eigenvalue weighted by Crippen LogP contribution is 2.29. The van der Waals surface area contributed by atoms with Gasteiger partial charge in [-0.25, -0.2) is 19.3 Å². The largest absolute Gasteiger partial charge is 0.396 e. The number of alkyl halides is 1. The molecule has 1 aromatic heterocycles. The fourth-order valence-corrected chi connectivity index (χ4v) is 2.25. The number of nitrogens with zero attached hydrogens (tertiary/aromatic N) is 3. The van der Waals surface area contributed by atoms with E-state index in [9.17, 15) is 4.39 Å². The number of benzene rings is 1. The van der Waals surface area contributed by atoms with E-state index in [1.807, 2.05) is 0 Å². The number of anilines is 1. The molecule has 0 fully saturated rings. The molecule has 1 unspecified atom stereocenters. The summed E-state index contributed by atoms with van der Waals surface area (Å²) in [5.41, 5.74) is 6.45. The zero-order chi connectivity index (χ0) is 14.0. The molecule has 0 aliphatic heterocycles. The van der Waals surface area contributed by atoms with Gasteiger partial charge in [-0.2, -0.15) is 0 Å². The van der Waals surface area contributed by atoms with Crippen LogP contribution in [-0.4, -0.2) is 20.8 Å². The Morgan fingerprint density at radius 2 is 1.84 bits per heavy atom. The van der Waals surface area contributed by atoms with Crippen LogP contribution in [0, 0.1) is 19.7 Å². The molecule has 1 heterocycles. The number of para-hydroxylation sites is 1. The highest BCUT2D eigenvalue weighted by molar-refractivity contribution is 6.18. The highest BCUT2D eigenvalue weighted by Gasteiger charge is 2.21. The fourth-order valence-electron chi connectivity index (χ4n) is 1.95. The van der Waals surface area contributed by atoms with Crippen molar-refractivity contribution in [1.82, 2.24) is 15.0 Å². The normalized spacial score (nSPS) is 12.4. The molecule has 0 amide bonds. The van der Waals surface area contributed by atoms with Gasteiger partial charge in [-0.1, -0.05) is 12.1 Å². The van der Waals surface area contributed by atoms with Crippen molar-refractivity contribution in [3.05, 3.63) is 47.1 Å². The third kappa shape index (κ3) is 2.81. The first-order chi connectivity index (χ1) is 9.02. The minimum absolute atomic E-state index is 0.0869. The van der Waals surface area contributed by atoms with Gasteiger partial charge < -0.3 is 5.73 Å². The zero-order valence-corrected chi connectivity index (χ0v) is 11.4. The first-order valence-electron chi connectivity index (χ1n) is 5.82. The molecule has 0 radical (unpaired) electrons. The molecule has 1 aromatic carbocycles. The van der Waals surface area contributed by atoms with Crippen LogP contribution in [0.25, 0.3) is 0 Å². The molecule has 0 saturated heterocycles. The minimum Gasteiger partial charge on any atom is -0.396 e. The van der Waals surface area contributed by atoms with Crippen LogP contribution in [-0.2, 0) is 0 Å². The lowest BCUT2D eigenvalue weighted by Gasteiger charge is -2.16. The summed E-state index contributed by atoms with van der Waals surface area (Å²) in [6.07, 6.45) is 0. The van der Waals surface area contributed by atoms with Gasteiger partial charge in [0.2, 0.25) is 0 Å². The number of aryl methyl sites for hydroxylation is 2. The van der Waals surface area contributed by atoms with E-state index in [0.717, 1.165) is 0 Å². The summed E-state index contributed by atoms with van der Waals surface area (Å²) >= 11 is 5.99. The van der Waals surface area contributed by atoms with Crippen LogP contribution in [0.3, 0.4) is 0 Å². The summed E-state index contributed by atoms with van der Waals surface area (Å²) in [5.74, 6) is 1.13. The average Bonchev–Trinajstić information content (AvgIpc) is 2.34. The number of aromatic nitrogens is 3. The number of hydrogen-bond donors (Lipinski definition) is 1. The molecule has 19 heavy (non-hydrogen) atoms. The van der Waals surface area contributed by atoms with E-state index in [1.165, 1.54) is 6.07 Å². The van der Waals surface area contributed by atoms with Crippen molar-refractivity contribution in [2.75, 3.05) is 11.6 Å². The molecule has 0 aliphatic carbocycles. The first kappa shape index (κ1) is 13.7. The zero-order valence-electron chi connectivity index (χ0n) is 10.7. The lowest BCUT2D eigenvalue weighted by molar-refractivity contribution is 0.628. The molecule has 100 valence electrons. The van der Waals surface area contributed by atoms with Crippen LogP contribution in [0.5, 0.6) is 0 Å². The van der Waals surface area contributed by atoms with Gasteiger partial charge in [-0.15, -0.1) is 11.6 Å². The highest BCUT2D eigenvalue weighted by atomic mass is 35.5. The number of nitrogens with two attached hydrogens (primary N) is 1. The van der Waals surface area contributed by atoms with Crippen LogP contribution >= 0.6 is 11.6 Å². The summed E-state index contributed by atoms with van der Waals surface area (Å²) in [6, 6.07) is 4.65. The molecule has 2 aromatic rings. The minimum atomic E-state index is -0.463. The van der Waals surface area contributed by atoms with Crippen molar-refractivity contribution in [2.45, 2.75) is 19.8 Å². The number of nitrogen functional groups attached to an aromatic ring is 1. The predicted molar refractivity (Wildman–Crippen MR) is 72.7 cm³/mol. The second-order valence-electron chi connectivity index (χ2n) is 4.24. The van der Waals surface area contributed by atoms with Gasteiger partial charge in [0.1, 0.15) is 23.3 Å². The van der Waals surface area contributed by atoms with Gasteiger partial charge in [0, 0.05) is 5.88 Å². The van der Waals surface area contributed by atoms with Crippen LogP contribution < -0.4 is 5.73 Å². The topological polar surface area (TPSA) is 64.7 Å². The maximum Gasteiger partial charge on any atom is 0.146 e. The summed E-state index contributed by atoms with van der Waals surface area (Å²) in [7, 11) is 0. The monoisotopic (exact) mass is 280 g/mol. The predicted octanol–water partition coefficient (Wildman–Crippen LogP) is 2.58. The quantitative estimate of drug-likeness (QED) is 0.693. The van der Waals surface area contributed by atoms with Crippen LogP contribution in [0.1, 0.15) is 29.0 Å². The summed E-state index contributed by atoms with van der Waals surface area (Å²) in [5, 5.41) is 0. The Labute approximate surface area is 115 Å². The molecule has 1 atom stereocenters. The van der Waals surface area contributed by atoms with Gasteiger partial charge in [-0.05, 0) is 25.5 Å². The van der Waals surface area contributed by atoms with Crippen LogP contribution in [0.2, 0.25) is 0 Å². The third-order valence-electron chi connectivity index (χ3n) is 2.80. The SMILES string of the molecule is Cc1nc(C)nc(C(CCl)c2cccc(F)c2N)n1. The van der Waals surface area contributed by atoms with E-state index in [-0.39, 0.29) is 17.5 Å². The summed E-state index contributed by atoms with van der Waals surface area (Å²) in [4.78, 5) is 12.6. The third-order valence-corrected chi connectivity index (χ3v) is 3.11. The van der Waals surface area contributed by atoms with Crippen LogP contribution in [0.4, 0.5) is 10.1 Å². The molecular formula is C13H14ClFN4. The van der Waals surface area contributed by atoms with E-state index >= 15 is 0 Å². The van der Waals surface area contributed by atoms with E-state index < -0.39 is 5.82 Å². The molecular weight excluding hydrogens is 267 g/mol. The molecule has 0 spiro atoms. The Bertz CT molecular complexity index is 583. The summed E-state index contributed by atoms with van der Waals surface area (Å²) in [6.45, 7) is 3.55. The second kappa shape index (κ2) is 5.48. The Balaban J connectivity index is 2.53. The Kier molecular flexibility index (Phi) is 3.95. The second-order valence-corrected chi connectivity index (χ2v) is 4.55. The van der Waals surface area contributed by atoms with E-state index in [2.05, 4.69) is 15.0 Å². The van der Waals surface area contributed by atoms with Crippen molar-refractivity contribution >= 4 is 17.3 Å². The van der Waals surface area contributed by atoms with Gasteiger partial charge in [0.15, 0.2) is 0 Å². The number of halogens is 2. The lowest BCUT2D eigenvalue weighted by atomic mass is 9.98. The lowest BCUT2D eigenvalue weighted by Crippen LogP contribution is -2.13. The van der Waals surface area contributed by atoms with Gasteiger partial charge in [0.25, 0.3) is 0 Å². The standard InChI is InChI=1S/C13H14ClFN4/c1-7-17-8(2)19-13(18-7)10(6-14)9-4-3-5-11(15)12(9)16/h3-5,10H,6,16H2,1-2H3. The smallest absolute Gasteiger partial charge is 0.146 e. The Morgan fingerprint density at radius 1 is 1.21 bits per heavy atom. The molecule has 0 aliphatic rings. The maximum atomic E-state index is 13.5. The van der Waals surface area contributed by atoms with E-state index in [0.29, 0.717) is 23.0 Å². The molecule has 2 rings (SSSR count). The van der Waals surface area contributed by atoms with E-state index in [1.54, 1.807) is 26.0 Å². The van der Waals surface area contributed by atoms with Crippen molar-refractivity contribution in [2.24, 2.45) is 0 Å². The molecule has 0 saturated carbocycles. The van der Waals surface area contributed by atoms with Crippen molar-refractivity contribution < 1.29 is 4.39 Å². The maximum absolute atomic E-state index is 13.5. The molecule has 2 N–H and O–H groups in total. The van der Waals surface area contributed by atoms with Gasteiger partial charge >= 0.3 is 0 Å². The Hall–Kier alpha value is -1.75. The fraction of sp³-hybridized carbons (Fsp3) is 0.308. The van der Waals surface area contributed by atoms with Gasteiger partial charge in [0.05, 0.1) is 11.6 Å².